The maximum atomic E-state index is 13.7. The molecule has 1 saturated heterocycles. The van der Waals surface area contributed by atoms with Gasteiger partial charge in [0.25, 0.3) is 0 Å². The molecule has 2 atom stereocenters. The fraction of sp³-hybridized carbons (Fsp3) is 0.875. The van der Waals surface area contributed by atoms with E-state index in [0.29, 0.717) is 0 Å². The highest BCUT2D eigenvalue weighted by Crippen LogP contribution is 2.63. The Bertz CT molecular complexity index is 565. The summed E-state index contributed by atoms with van der Waals surface area (Å²) in [6.07, 6.45) is -21.1. The first-order valence-electron chi connectivity index (χ1n) is 5.20. The second-order valence-corrected chi connectivity index (χ2v) is 4.38. The number of carbonyl (C=O) groups is 1. The number of rotatable bonds is 3. The first kappa shape index (κ1) is 21.5. The van der Waals surface area contributed by atoms with Crippen LogP contribution < -0.4 is 0 Å². The van der Waals surface area contributed by atoms with Gasteiger partial charge in [0.15, 0.2) is 0 Å². The Morgan fingerprint density at radius 2 is 1.20 bits per heavy atom. The van der Waals surface area contributed by atoms with Crippen molar-refractivity contribution in [2.75, 3.05) is 0 Å². The molecule has 0 aromatic carbocycles. The van der Waals surface area contributed by atoms with Gasteiger partial charge in [0.1, 0.15) is 0 Å². The van der Waals surface area contributed by atoms with E-state index < -0.39 is 47.9 Å². The molecule has 0 bridgehead atoms. The van der Waals surface area contributed by atoms with Gasteiger partial charge in [0.2, 0.25) is 0 Å². The highest BCUT2D eigenvalue weighted by molar-refractivity contribution is 5.77. The second-order valence-electron chi connectivity index (χ2n) is 4.38. The van der Waals surface area contributed by atoms with Crippen LogP contribution in [0.2, 0.25) is 0 Å². The van der Waals surface area contributed by atoms with E-state index in [2.05, 4.69) is 9.47 Å². The maximum Gasteiger partial charge on any atom is 0.460 e. The summed E-state index contributed by atoms with van der Waals surface area (Å²) < 4.78 is 169. The molecule has 17 heteroatoms. The summed E-state index contributed by atoms with van der Waals surface area (Å²) in [6.45, 7) is 0. The van der Waals surface area contributed by atoms with E-state index in [9.17, 15) is 61.9 Å². The van der Waals surface area contributed by atoms with Crippen molar-refractivity contribution in [3.05, 3.63) is 0 Å². The predicted octanol–water partition coefficient (Wildman–Crippen LogP) is 3.47. The van der Waals surface area contributed by atoms with E-state index in [4.69, 9.17) is 5.11 Å². The van der Waals surface area contributed by atoms with Crippen LogP contribution in [-0.4, -0.2) is 53.0 Å². The third-order valence-corrected chi connectivity index (χ3v) is 2.74. The molecule has 0 saturated carbocycles. The van der Waals surface area contributed by atoms with Crippen molar-refractivity contribution in [2.24, 2.45) is 0 Å². The van der Waals surface area contributed by atoms with Crippen molar-refractivity contribution in [2.45, 2.75) is 41.9 Å². The first-order valence-corrected chi connectivity index (χ1v) is 5.20. The fourth-order valence-electron chi connectivity index (χ4n) is 1.48. The monoisotopic (exact) mass is 408 g/mol. The lowest BCUT2D eigenvalue weighted by atomic mass is 10.0. The van der Waals surface area contributed by atoms with Crippen LogP contribution in [-0.2, 0) is 14.3 Å². The molecule has 1 aliphatic heterocycles. The molecule has 0 radical (unpaired) electrons. The van der Waals surface area contributed by atoms with Crippen molar-refractivity contribution < 1.29 is 76.5 Å². The van der Waals surface area contributed by atoms with Gasteiger partial charge >= 0.3 is 47.9 Å². The largest absolute Gasteiger partial charge is 0.477 e. The molecule has 25 heavy (non-hydrogen) atoms. The Morgan fingerprint density at radius 3 is 1.44 bits per heavy atom. The Hall–Kier alpha value is -1.52. The Balaban J connectivity index is 3.67. The van der Waals surface area contributed by atoms with E-state index in [1.807, 2.05) is 0 Å². The van der Waals surface area contributed by atoms with Gasteiger partial charge < -0.3 is 5.11 Å². The molecule has 0 aliphatic carbocycles. The topological polar surface area (TPSA) is 55.8 Å². The van der Waals surface area contributed by atoms with Crippen molar-refractivity contribution in [3.8, 4) is 0 Å². The molecule has 0 amide bonds. The molecule has 1 rings (SSSR count). The molecule has 0 spiro atoms. The van der Waals surface area contributed by atoms with Crippen molar-refractivity contribution in [3.63, 3.8) is 0 Å². The van der Waals surface area contributed by atoms with Crippen LogP contribution >= 0.6 is 0 Å². The van der Waals surface area contributed by atoms with Gasteiger partial charge in [-0.1, -0.05) is 0 Å². The van der Waals surface area contributed by atoms with E-state index in [1.165, 1.54) is 0 Å². The van der Waals surface area contributed by atoms with Gasteiger partial charge in [-0.05, 0) is 0 Å². The van der Waals surface area contributed by atoms with Gasteiger partial charge in [-0.3, -0.25) is 9.47 Å². The smallest absolute Gasteiger partial charge is 0.460 e. The standard InChI is InChI=1S/C8HF13O4/c9-3(10,4(11,12)7(17,18)19)5(13)8(20,21)25-2(24-5,1(22)23)6(14,15)16/h(H,22,23). The first-order chi connectivity index (χ1) is 10.6. The molecule has 1 N–H and O–H groups in total. The molecule has 2 unspecified atom stereocenters. The summed E-state index contributed by atoms with van der Waals surface area (Å²) >= 11 is 0. The zero-order chi connectivity index (χ0) is 20.5. The van der Waals surface area contributed by atoms with Crippen LogP contribution in [0.5, 0.6) is 0 Å². The normalized spacial score (nSPS) is 31.2. The molecule has 0 aromatic heterocycles. The number of hydrogen-bond acceptors (Lipinski definition) is 3. The quantitative estimate of drug-likeness (QED) is 0.727. The van der Waals surface area contributed by atoms with Crippen LogP contribution in [0.3, 0.4) is 0 Å². The molecule has 1 fully saturated rings. The Morgan fingerprint density at radius 1 is 0.800 bits per heavy atom. The average Bonchev–Trinajstić information content (AvgIpc) is 2.57. The molecule has 148 valence electrons. The number of ether oxygens (including phenoxy) is 2. The minimum absolute atomic E-state index is 2.23. The number of aliphatic carboxylic acids is 1. The zero-order valence-electron chi connectivity index (χ0n) is 10.6. The summed E-state index contributed by atoms with van der Waals surface area (Å²) in [5, 5.41) is 8.17. The van der Waals surface area contributed by atoms with Crippen LogP contribution in [0.4, 0.5) is 57.1 Å². The zero-order valence-corrected chi connectivity index (χ0v) is 10.6. The maximum absolute atomic E-state index is 13.7. The number of alkyl halides is 13. The van der Waals surface area contributed by atoms with E-state index in [-0.39, 0.29) is 0 Å². The minimum Gasteiger partial charge on any atom is -0.477 e. The molecular weight excluding hydrogens is 407 g/mol. The molecular formula is C8HF13O4. The van der Waals surface area contributed by atoms with Crippen LogP contribution in [0.1, 0.15) is 0 Å². The predicted molar refractivity (Wildman–Crippen MR) is 43.3 cm³/mol. The van der Waals surface area contributed by atoms with Crippen LogP contribution in [0.25, 0.3) is 0 Å². The number of carboxylic acid groups (broad SMARTS) is 1. The Labute approximate surface area is 126 Å². The molecule has 1 heterocycles. The fourth-order valence-corrected chi connectivity index (χ4v) is 1.48. The lowest BCUT2D eigenvalue weighted by molar-refractivity contribution is -0.444. The van der Waals surface area contributed by atoms with E-state index >= 15 is 0 Å². The third-order valence-electron chi connectivity index (χ3n) is 2.74. The van der Waals surface area contributed by atoms with Crippen molar-refractivity contribution in [1.29, 1.82) is 0 Å². The summed E-state index contributed by atoms with van der Waals surface area (Å²) in [4.78, 5) is 10.4. The van der Waals surface area contributed by atoms with Gasteiger partial charge in [-0.15, -0.1) is 0 Å². The lowest BCUT2D eigenvalue weighted by Gasteiger charge is -2.36. The summed E-state index contributed by atoms with van der Waals surface area (Å²) in [7, 11) is 0. The van der Waals surface area contributed by atoms with Crippen LogP contribution in [0.15, 0.2) is 0 Å². The van der Waals surface area contributed by atoms with E-state index in [1.54, 1.807) is 0 Å². The SMILES string of the molecule is O=C(O)C1(C(F)(F)F)OC(F)(F)C(F)(C(F)(F)C(F)(F)C(F)(F)F)O1. The van der Waals surface area contributed by atoms with E-state index in [0.717, 1.165) is 0 Å². The lowest BCUT2D eigenvalue weighted by Crippen LogP contribution is -2.68. The highest BCUT2D eigenvalue weighted by atomic mass is 19.4. The molecule has 1 aliphatic rings. The number of halogens is 13. The van der Waals surface area contributed by atoms with Gasteiger partial charge in [-0.2, -0.15) is 57.1 Å². The third kappa shape index (κ3) is 2.49. The summed E-state index contributed by atoms with van der Waals surface area (Å²) in [6, 6.07) is 0. The average molecular weight is 408 g/mol. The molecule has 4 nitrogen and oxygen atoms in total. The minimum atomic E-state index is -7.75. The summed E-state index contributed by atoms with van der Waals surface area (Å²) in [5.74, 6) is -32.4. The number of hydrogen-bond donors (Lipinski definition) is 1. The van der Waals surface area contributed by atoms with Crippen molar-refractivity contribution in [1.82, 2.24) is 0 Å². The molecule has 0 aromatic rings. The Kier molecular flexibility index (Phi) is 4.32. The van der Waals surface area contributed by atoms with Gasteiger partial charge in [-0.25, -0.2) is 4.79 Å². The van der Waals surface area contributed by atoms with Gasteiger partial charge in [0.05, 0.1) is 0 Å². The van der Waals surface area contributed by atoms with Gasteiger partial charge in [0, 0.05) is 0 Å². The highest BCUT2D eigenvalue weighted by Gasteiger charge is 2.95. The second kappa shape index (κ2) is 5.01. The summed E-state index contributed by atoms with van der Waals surface area (Å²) in [5.41, 5.74) is 0. The number of carboxylic acids is 1. The van der Waals surface area contributed by atoms with Crippen LogP contribution in [0, 0.1) is 0 Å². The van der Waals surface area contributed by atoms with Crippen molar-refractivity contribution >= 4 is 5.97 Å².